The van der Waals surface area contributed by atoms with Crippen molar-refractivity contribution < 1.29 is 13.9 Å². The average molecular weight is 459 g/mol. The van der Waals surface area contributed by atoms with Crippen LogP contribution in [0.3, 0.4) is 0 Å². The van der Waals surface area contributed by atoms with E-state index in [2.05, 4.69) is 17.9 Å². The summed E-state index contributed by atoms with van der Waals surface area (Å²) in [6, 6.07) is 31.7. The molecule has 0 radical (unpaired) electrons. The van der Waals surface area contributed by atoms with Crippen LogP contribution in [0.2, 0.25) is 0 Å². The van der Waals surface area contributed by atoms with Gasteiger partial charge in [-0.3, -0.25) is 4.79 Å². The Kier molecular flexibility index (Phi) is 6.04. The summed E-state index contributed by atoms with van der Waals surface area (Å²) in [7, 11) is 0. The number of carbonyl (C=O) groups excluding carboxylic acids is 1. The molecule has 1 aliphatic carbocycles. The number of aryl methyl sites for hydroxylation is 1. The summed E-state index contributed by atoms with van der Waals surface area (Å²) >= 11 is 0. The van der Waals surface area contributed by atoms with E-state index in [9.17, 15) is 9.18 Å². The van der Waals surface area contributed by atoms with Crippen LogP contribution in [0.15, 0.2) is 109 Å². The van der Waals surface area contributed by atoms with E-state index in [1.165, 1.54) is 12.1 Å². The van der Waals surface area contributed by atoms with Crippen molar-refractivity contribution in [3.05, 3.63) is 148 Å². The van der Waals surface area contributed by atoms with Gasteiger partial charge in [-0.2, -0.15) is 0 Å². The lowest BCUT2D eigenvalue weighted by molar-refractivity contribution is 0.0715. The fraction of sp³-hybridized carbons (Fsp3) is 0.0938. The quantitative estimate of drug-likeness (QED) is 0.141. The van der Waals surface area contributed by atoms with Crippen molar-refractivity contribution in [2.24, 2.45) is 0 Å². The number of allylic oxidation sites excluding steroid dienone is 1. The Morgan fingerprint density at radius 3 is 2.29 bits per heavy atom. The Morgan fingerprint density at radius 1 is 0.886 bits per heavy atom. The lowest BCUT2D eigenvalue weighted by atomic mass is 9.73. The van der Waals surface area contributed by atoms with Crippen molar-refractivity contribution in [2.45, 2.75) is 18.9 Å². The first-order chi connectivity index (χ1) is 17.1. The molecule has 0 aromatic heterocycles. The summed E-state index contributed by atoms with van der Waals surface area (Å²) in [4.78, 5) is 13.3. The molecule has 1 aliphatic rings. The minimum absolute atomic E-state index is 0.0444. The summed E-state index contributed by atoms with van der Waals surface area (Å²) in [5.41, 5.74) is 3.43. The first-order valence-electron chi connectivity index (χ1n) is 11.5. The minimum atomic E-state index is -0.918. The number of hydrogen-bond donors (Lipinski definition) is 0. The van der Waals surface area contributed by atoms with Crippen LogP contribution in [0.25, 0.3) is 5.76 Å². The van der Waals surface area contributed by atoms with Crippen molar-refractivity contribution >= 4 is 11.5 Å². The molecule has 3 heteroatoms. The zero-order valence-corrected chi connectivity index (χ0v) is 19.3. The number of carbonyl (C=O) groups is 1. The first-order valence-corrected chi connectivity index (χ1v) is 11.5. The van der Waals surface area contributed by atoms with Crippen LogP contribution < -0.4 is 0 Å². The molecule has 0 saturated heterocycles. The summed E-state index contributed by atoms with van der Waals surface area (Å²) in [6.45, 7) is 1.72. The highest BCUT2D eigenvalue weighted by Crippen LogP contribution is 2.44. The molecule has 1 atom stereocenters. The number of halogens is 1. The molecule has 4 aromatic rings. The largest absolute Gasteiger partial charge is 0.469 e. The molecule has 0 spiro atoms. The van der Waals surface area contributed by atoms with Gasteiger partial charge in [0.15, 0.2) is 11.4 Å². The first kappa shape index (κ1) is 22.4. The highest BCUT2D eigenvalue weighted by atomic mass is 19.1. The van der Waals surface area contributed by atoms with Crippen LogP contribution in [-0.4, -0.2) is 5.78 Å². The summed E-state index contributed by atoms with van der Waals surface area (Å²) in [5.74, 6) is 5.94. The molecule has 0 aliphatic heterocycles. The number of ether oxygens (including phenoxy) is 1. The van der Waals surface area contributed by atoms with Crippen molar-refractivity contribution in [2.75, 3.05) is 0 Å². The third kappa shape index (κ3) is 4.52. The smallest absolute Gasteiger partial charge is 0.199 e. The van der Waals surface area contributed by atoms with Gasteiger partial charge in [-0.1, -0.05) is 90.8 Å². The third-order valence-electron chi connectivity index (χ3n) is 6.15. The molecule has 0 amide bonds. The molecule has 170 valence electrons. The van der Waals surface area contributed by atoms with E-state index in [0.717, 1.165) is 22.3 Å². The number of rotatable bonds is 5. The Balaban J connectivity index is 1.60. The van der Waals surface area contributed by atoms with Crippen molar-refractivity contribution in [3.63, 3.8) is 0 Å². The van der Waals surface area contributed by atoms with E-state index in [-0.39, 0.29) is 5.56 Å². The molecule has 4 aromatic carbocycles. The fourth-order valence-corrected chi connectivity index (χ4v) is 4.34. The van der Waals surface area contributed by atoms with Crippen molar-refractivity contribution in [1.29, 1.82) is 0 Å². The van der Waals surface area contributed by atoms with Crippen molar-refractivity contribution in [3.8, 4) is 11.8 Å². The zero-order valence-electron chi connectivity index (χ0n) is 19.3. The maximum Gasteiger partial charge on any atom is 0.199 e. The van der Waals surface area contributed by atoms with Gasteiger partial charge < -0.3 is 4.74 Å². The molecule has 35 heavy (non-hydrogen) atoms. The van der Waals surface area contributed by atoms with Gasteiger partial charge in [-0.05, 0) is 42.2 Å². The number of fused-ring (bicyclic) bond motifs is 1. The maximum atomic E-state index is 14.6. The second-order valence-electron chi connectivity index (χ2n) is 8.55. The number of hydrogen-bond acceptors (Lipinski definition) is 2. The molecule has 0 unspecified atom stereocenters. The van der Waals surface area contributed by atoms with Crippen LogP contribution in [0.4, 0.5) is 4.39 Å². The molecule has 0 saturated carbocycles. The van der Waals surface area contributed by atoms with E-state index in [0.29, 0.717) is 17.7 Å². The van der Waals surface area contributed by atoms with Gasteiger partial charge in [0.1, 0.15) is 11.6 Å². The van der Waals surface area contributed by atoms with E-state index < -0.39 is 17.2 Å². The fourth-order valence-electron chi connectivity index (χ4n) is 4.34. The van der Waals surface area contributed by atoms with Crippen LogP contribution in [-0.2, 0) is 16.8 Å². The lowest BCUT2D eigenvalue weighted by Crippen LogP contribution is -2.40. The topological polar surface area (TPSA) is 26.3 Å². The molecular weight excluding hydrogens is 435 g/mol. The van der Waals surface area contributed by atoms with E-state index in [1.54, 1.807) is 19.1 Å². The van der Waals surface area contributed by atoms with Gasteiger partial charge in [-0.25, -0.2) is 4.39 Å². The van der Waals surface area contributed by atoms with Gasteiger partial charge in [0.2, 0.25) is 0 Å². The standard InChI is InChI=1S/C32H23FO2/c1-23-11-10-18-28(33)31(23)29(34)21-30(25-14-6-3-7-15-25)35-32(20-19-24-12-4-2-5-13-24)22-26-16-8-9-17-27(26)32/h2-18,21H,22H2,1H3/b30-21-/t32-/m1/s1. The van der Waals surface area contributed by atoms with Gasteiger partial charge in [-0.15, -0.1) is 0 Å². The Morgan fingerprint density at radius 2 is 1.57 bits per heavy atom. The molecule has 0 fully saturated rings. The lowest BCUT2D eigenvalue weighted by Gasteiger charge is -2.40. The van der Waals surface area contributed by atoms with Gasteiger partial charge in [0.25, 0.3) is 0 Å². The number of benzene rings is 4. The van der Waals surface area contributed by atoms with Crippen LogP contribution in [0.5, 0.6) is 0 Å². The minimum Gasteiger partial charge on any atom is -0.469 e. The SMILES string of the molecule is Cc1cccc(F)c1C(=O)/C=C(\O[C@]1(C#Cc2ccccc2)Cc2ccccc21)c1ccccc1. The maximum absolute atomic E-state index is 14.6. The molecule has 0 bridgehead atoms. The number of ketones is 1. The molecular formula is C32H23FO2. The predicted molar refractivity (Wildman–Crippen MR) is 136 cm³/mol. The highest BCUT2D eigenvalue weighted by molar-refractivity contribution is 6.09. The molecule has 2 nitrogen and oxygen atoms in total. The summed E-state index contributed by atoms with van der Waals surface area (Å²) in [6.07, 6.45) is 1.97. The monoisotopic (exact) mass is 458 g/mol. The predicted octanol–water partition coefficient (Wildman–Crippen LogP) is 6.88. The third-order valence-corrected chi connectivity index (χ3v) is 6.15. The molecule has 0 N–H and O–H groups in total. The summed E-state index contributed by atoms with van der Waals surface area (Å²) in [5, 5.41) is 0. The molecule has 5 rings (SSSR count). The Bertz CT molecular complexity index is 1460. The van der Waals surface area contributed by atoms with Crippen LogP contribution in [0.1, 0.15) is 38.2 Å². The Labute approximate surface area is 204 Å². The zero-order chi connectivity index (χ0) is 24.3. The van der Waals surface area contributed by atoms with Crippen LogP contribution >= 0.6 is 0 Å². The highest BCUT2D eigenvalue weighted by Gasteiger charge is 2.44. The second kappa shape index (κ2) is 9.44. The van der Waals surface area contributed by atoms with E-state index in [4.69, 9.17) is 4.74 Å². The van der Waals surface area contributed by atoms with Crippen LogP contribution in [0, 0.1) is 24.6 Å². The van der Waals surface area contributed by atoms with Crippen molar-refractivity contribution in [1.82, 2.24) is 0 Å². The van der Waals surface area contributed by atoms with Gasteiger partial charge in [0, 0.05) is 29.2 Å². The molecule has 0 heterocycles. The van der Waals surface area contributed by atoms with Gasteiger partial charge in [0.05, 0.1) is 5.56 Å². The normalized spacial score (nSPS) is 16.3. The average Bonchev–Trinajstić information content (AvgIpc) is 2.87. The Hall–Kier alpha value is -4.42. The van der Waals surface area contributed by atoms with E-state index in [1.807, 2.05) is 78.9 Å². The van der Waals surface area contributed by atoms with Gasteiger partial charge >= 0.3 is 0 Å². The van der Waals surface area contributed by atoms with E-state index >= 15 is 0 Å². The summed E-state index contributed by atoms with van der Waals surface area (Å²) < 4.78 is 21.2. The second-order valence-corrected chi connectivity index (χ2v) is 8.55.